The number of H-pyrrole nitrogens is 1. The smallest absolute Gasteiger partial charge is 0.251 e. The summed E-state index contributed by atoms with van der Waals surface area (Å²) in [5, 5.41) is 0.948. The van der Waals surface area contributed by atoms with Crippen LogP contribution in [0.2, 0.25) is 0 Å². The van der Waals surface area contributed by atoms with Crippen LogP contribution in [0.15, 0.2) is 33.4 Å². The zero-order valence-corrected chi connectivity index (χ0v) is 10.7. The van der Waals surface area contributed by atoms with Crippen LogP contribution in [0.5, 0.6) is 0 Å². The van der Waals surface area contributed by atoms with E-state index < -0.39 is 0 Å². The Kier molecular flexibility index (Phi) is 3.93. The molecule has 2 aromatic rings. The summed E-state index contributed by atoms with van der Waals surface area (Å²) in [5.74, 6) is 0.388. The fourth-order valence-electron chi connectivity index (χ4n) is 1.41. The molecule has 18 heavy (non-hydrogen) atoms. The van der Waals surface area contributed by atoms with Crippen LogP contribution in [0.3, 0.4) is 0 Å². The molecule has 0 unspecified atom stereocenters. The molecule has 94 valence electrons. The molecule has 0 aliphatic rings. The number of nitrogens with one attached hydrogen (secondary N) is 1. The third kappa shape index (κ3) is 3.30. The van der Waals surface area contributed by atoms with E-state index in [9.17, 15) is 4.79 Å². The summed E-state index contributed by atoms with van der Waals surface area (Å²) < 4.78 is 0. The zero-order chi connectivity index (χ0) is 13.0. The largest absolute Gasteiger partial charge is 0.384 e. The summed E-state index contributed by atoms with van der Waals surface area (Å²) in [4.78, 5) is 26.5. The van der Waals surface area contributed by atoms with E-state index >= 15 is 0 Å². The van der Waals surface area contributed by atoms with Gasteiger partial charge in [-0.15, -0.1) is 0 Å². The maximum absolute atomic E-state index is 11.5. The van der Waals surface area contributed by atoms with Crippen LogP contribution in [0, 0.1) is 0 Å². The van der Waals surface area contributed by atoms with Gasteiger partial charge in [0.25, 0.3) is 5.56 Å². The van der Waals surface area contributed by atoms with Crippen molar-refractivity contribution in [2.75, 3.05) is 5.73 Å². The standard InChI is InChI=1S/C11H13N5OS/c1-2-3-7-6-9(17)16-11(14-7)18-10-13-5-4-8(12)15-10/h4-6H,2-3H2,1H3,(H2,12,13,15)(H,14,16,17). The normalized spacial score (nSPS) is 10.5. The van der Waals surface area contributed by atoms with Crippen molar-refractivity contribution in [3.63, 3.8) is 0 Å². The van der Waals surface area contributed by atoms with E-state index in [1.807, 2.05) is 6.92 Å². The van der Waals surface area contributed by atoms with Crippen LogP contribution in [-0.4, -0.2) is 19.9 Å². The number of aryl methyl sites for hydroxylation is 1. The summed E-state index contributed by atoms with van der Waals surface area (Å²) in [7, 11) is 0. The fraction of sp³-hybridized carbons (Fsp3) is 0.273. The summed E-state index contributed by atoms with van der Waals surface area (Å²) in [5.41, 5.74) is 6.17. The SMILES string of the molecule is CCCc1cc(=O)[nH]c(Sc2nccc(N)n2)n1. The lowest BCUT2D eigenvalue weighted by atomic mass is 10.2. The molecule has 6 nitrogen and oxygen atoms in total. The Morgan fingerprint density at radius 3 is 3.00 bits per heavy atom. The number of nitrogens with two attached hydrogens (primary N) is 1. The van der Waals surface area contributed by atoms with Crippen LogP contribution in [-0.2, 0) is 6.42 Å². The minimum atomic E-state index is -0.167. The van der Waals surface area contributed by atoms with Crippen LogP contribution in [0.1, 0.15) is 19.0 Å². The highest BCUT2D eigenvalue weighted by Crippen LogP contribution is 2.20. The number of rotatable bonds is 4. The van der Waals surface area contributed by atoms with Gasteiger partial charge in [-0.2, -0.15) is 0 Å². The predicted octanol–water partition coefficient (Wildman–Crippen LogP) is 1.25. The molecule has 0 bridgehead atoms. The molecule has 2 aromatic heterocycles. The number of aromatic nitrogens is 4. The van der Waals surface area contributed by atoms with Crippen molar-refractivity contribution in [1.82, 2.24) is 19.9 Å². The molecule has 0 saturated heterocycles. The van der Waals surface area contributed by atoms with Crippen LogP contribution >= 0.6 is 11.8 Å². The Bertz CT molecular complexity index is 598. The molecule has 0 aliphatic heterocycles. The van der Waals surface area contributed by atoms with Gasteiger partial charge in [0.05, 0.1) is 0 Å². The average molecular weight is 263 g/mol. The Labute approximate surface area is 108 Å². The highest BCUT2D eigenvalue weighted by molar-refractivity contribution is 7.99. The summed E-state index contributed by atoms with van der Waals surface area (Å²) in [6.45, 7) is 2.04. The van der Waals surface area contributed by atoms with Gasteiger partial charge in [-0.25, -0.2) is 15.0 Å². The van der Waals surface area contributed by atoms with Crippen LogP contribution in [0.4, 0.5) is 5.82 Å². The summed E-state index contributed by atoms with van der Waals surface area (Å²) in [6.07, 6.45) is 3.28. The number of nitrogens with zero attached hydrogens (tertiary/aromatic N) is 3. The molecule has 2 heterocycles. The Hall–Kier alpha value is -1.89. The van der Waals surface area contributed by atoms with E-state index in [-0.39, 0.29) is 5.56 Å². The Balaban J connectivity index is 2.26. The number of hydrogen-bond acceptors (Lipinski definition) is 6. The Morgan fingerprint density at radius 1 is 1.44 bits per heavy atom. The second kappa shape index (κ2) is 5.63. The molecule has 0 aliphatic carbocycles. The highest BCUT2D eigenvalue weighted by atomic mass is 32.2. The van der Waals surface area contributed by atoms with Crippen molar-refractivity contribution >= 4 is 17.6 Å². The second-order valence-corrected chi connectivity index (χ2v) is 4.61. The lowest BCUT2D eigenvalue weighted by molar-refractivity contribution is 0.813. The maximum atomic E-state index is 11.5. The molecule has 3 N–H and O–H groups in total. The number of nitrogen functional groups attached to an aromatic ring is 1. The van der Waals surface area contributed by atoms with Gasteiger partial charge in [-0.3, -0.25) is 4.79 Å². The molecule has 0 radical (unpaired) electrons. The lowest BCUT2D eigenvalue weighted by Gasteiger charge is -2.02. The number of hydrogen-bond donors (Lipinski definition) is 2. The number of aromatic amines is 1. The van der Waals surface area contributed by atoms with Crippen molar-refractivity contribution in [2.45, 2.75) is 30.1 Å². The van der Waals surface area contributed by atoms with Gasteiger partial charge in [0.1, 0.15) is 5.82 Å². The van der Waals surface area contributed by atoms with E-state index in [4.69, 9.17) is 5.73 Å². The van der Waals surface area contributed by atoms with Gasteiger partial charge in [-0.05, 0) is 24.2 Å². The highest BCUT2D eigenvalue weighted by Gasteiger charge is 2.05. The van der Waals surface area contributed by atoms with Crippen LogP contribution < -0.4 is 11.3 Å². The fourth-order valence-corrected chi connectivity index (χ4v) is 2.16. The number of anilines is 1. The first-order valence-corrected chi connectivity index (χ1v) is 6.35. The second-order valence-electron chi connectivity index (χ2n) is 3.66. The van der Waals surface area contributed by atoms with E-state index in [2.05, 4.69) is 19.9 Å². The van der Waals surface area contributed by atoms with Gasteiger partial charge in [-0.1, -0.05) is 13.3 Å². The molecule has 0 saturated carbocycles. The van der Waals surface area contributed by atoms with Crippen LogP contribution in [0.25, 0.3) is 0 Å². The first-order chi connectivity index (χ1) is 8.67. The summed E-state index contributed by atoms with van der Waals surface area (Å²) in [6, 6.07) is 3.11. The van der Waals surface area contributed by atoms with E-state index in [1.165, 1.54) is 17.8 Å². The monoisotopic (exact) mass is 263 g/mol. The lowest BCUT2D eigenvalue weighted by Crippen LogP contribution is -2.10. The third-order valence-electron chi connectivity index (χ3n) is 2.12. The van der Waals surface area contributed by atoms with Gasteiger partial charge in [0, 0.05) is 18.0 Å². The first-order valence-electron chi connectivity index (χ1n) is 5.54. The predicted molar refractivity (Wildman–Crippen MR) is 69.4 cm³/mol. The van der Waals surface area contributed by atoms with Crippen molar-refractivity contribution in [3.8, 4) is 0 Å². The zero-order valence-electron chi connectivity index (χ0n) is 9.88. The molecule has 0 atom stereocenters. The minimum Gasteiger partial charge on any atom is -0.384 e. The molecule has 0 spiro atoms. The van der Waals surface area contributed by atoms with Gasteiger partial charge in [0.2, 0.25) is 0 Å². The quantitative estimate of drug-likeness (QED) is 0.805. The maximum Gasteiger partial charge on any atom is 0.251 e. The molecule has 0 fully saturated rings. The summed E-state index contributed by atoms with van der Waals surface area (Å²) >= 11 is 1.19. The van der Waals surface area contributed by atoms with Crippen molar-refractivity contribution in [1.29, 1.82) is 0 Å². The molecule has 2 rings (SSSR count). The van der Waals surface area contributed by atoms with Gasteiger partial charge >= 0.3 is 0 Å². The molecular weight excluding hydrogens is 250 g/mol. The van der Waals surface area contributed by atoms with Gasteiger partial charge in [0.15, 0.2) is 10.3 Å². The Morgan fingerprint density at radius 2 is 2.28 bits per heavy atom. The molecule has 0 aromatic carbocycles. The van der Waals surface area contributed by atoms with E-state index in [1.54, 1.807) is 12.3 Å². The molecular formula is C11H13N5OS. The minimum absolute atomic E-state index is 0.167. The van der Waals surface area contributed by atoms with Crippen molar-refractivity contribution in [2.24, 2.45) is 0 Å². The van der Waals surface area contributed by atoms with Crippen molar-refractivity contribution in [3.05, 3.63) is 34.4 Å². The van der Waals surface area contributed by atoms with E-state index in [0.717, 1.165) is 18.5 Å². The topological polar surface area (TPSA) is 97.5 Å². The third-order valence-corrected chi connectivity index (χ3v) is 2.89. The van der Waals surface area contributed by atoms with Gasteiger partial charge < -0.3 is 10.7 Å². The van der Waals surface area contributed by atoms with E-state index in [0.29, 0.717) is 16.1 Å². The first kappa shape index (κ1) is 12.6. The van der Waals surface area contributed by atoms with Crippen molar-refractivity contribution < 1.29 is 0 Å². The molecule has 0 amide bonds. The molecule has 7 heteroatoms. The average Bonchev–Trinajstić information content (AvgIpc) is 2.28.